The number of primary amides is 1. The zero-order valence-corrected chi connectivity index (χ0v) is 18.3. The van der Waals surface area contributed by atoms with Crippen LogP contribution >= 0.6 is 0 Å². The minimum Gasteiger partial charge on any atom is -0.493 e. The lowest BCUT2D eigenvalue weighted by Gasteiger charge is -2.34. The fourth-order valence-corrected chi connectivity index (χ4v) is 3.96. The van der Waals surface area contributed by atoms with Gasteiger partial charge in [-0.1, -0.05) is 48.5 Å². The Hall–Kier alpha value is -2.90. The van der Waals surface area contributed by atoms with E-state index in [0.29, 0.717) is 39.0 Å². The molecule has 3 N–H and O–H groups in total. The first kappa shape index (κ1) is 23.8. The van der Waals surface area contributed by atoms with Crippen molar-refractivity contribution in [2.45, 2.75) is 38.3 Å². The molecule has 1 aliphatic rings. The normalized spacial score (nSPS) is 15.9. The number of benzene rings is 2. The second kappa shape index (κ2) is 12.2. The molecule has 0 aromatic heterocycles. The number of carbonyl (C=O) groups is 2. The molecule has 1 unspecified atom stereocenters. The highest BCUT2D eigenvalue weighted by Gasteiger charge is 2.31. The van der Waals surface area contributed by atoms with Crippen LogP contribution in [0.1, 0.15) is 30.4 Å². The van der Waals surface area contributed by atoms with Gasteiger partial charge in [-0.3, -0.25) is 9.69 Å². The van der Waals surface area contributed by atoms with Gasteiger partial charge in [-0.2, -0.15) is 0 Å². The van der Waals surface area contributed by atoms with Gasteiger partial charge < -0.3 is 20.3 Å². The van der Waals surface area contributed by atoms with Gasteiger partial charge in [0.15, 0.2) is 0 Å². The average Bonchev–Trinajstić information content (AvgIpc) is 2.81. The number of para-hydroxylation sites is 1. The zero-order chi connectivity index (χ0) is 22.8. The lowest BCUT2D eigenvalue weighted by Crippen LogP contribution is -2.48. The minimum atomic E-state index is -1.02. The highest BCUT2D eigenvalue weighted by molar-refractivity contribution is 5.77. The van der Waals surface area contributed by atoms with E-state index in [9.17, 15) is 14.7 Å². The fourth-order valence-electron chi connectivity index (χ4n) is 3.96. The molecule has 32 heavy (non-hydrogen) atoms. The number of amides is 1. The number of ether oxygens (including phenoxy) is 2. The molecule has 1 amide bonds. The summed E-state index contributed by atoms with van der Waals surface area (Å²) in [5, 5.41) is 9.53. The molecule has 1 aliphatic heterocycles. The second-order valence-electron chi connectivity index (χ2n) is 8.07. The number of nitrogens with two attached hydrogens (primary N) is 1. The largest absolute Gasteiger partial charge is 0.493 e. The summed E-state index contributed by atoms with van der Waals surface area (Å²) in [4.78, 5) is 24.7. The quantitative estimate of drug-likeness (QED) is 0.492. The number of aryl methyl sites for hydroxylation is 2. The van der Waals surface area contributed by atoms with Gasteiger partial charge in [0, 0.05) is 25.4 Å². The van der Waals surface area contributed by atoms with E-state index in [1.165, 1.54) is 5.56 Å². The van der Waals surface area contributed by atoms with E-state index < -0.39 is 12.2 Å². The van der Waals surface area contributed by atoms with E-state index in [1.54, 1.807) is 4.90 Å². The summed E-state index contributed by atoms with van der Waals surface area (Å²) in [5.74, 6) is -0.670. The molecule has 1 heterocycles. The minimum absolute atomic E-state index is 0.184. The molecule has 3 rings (SSSR count). The van der Waals surface area contributed by atoms with E-state index in [4.69, 9.17) is 15.2 Å². The summed E-state index contributed by atoms with van der Waals surface area (Å²) in [7, 11) is 0. The summed E-state index contributed by atoms with van der Waals surface area (Å²) in [6, 6.07) is 18.3. The first-order valence-electron chi connectivity index (χ1n) is 11.2. The first-order chi connectivity index (χ1) is 15.5. The summed E-state index contributed by atoms with van der Waals surface area (Å²) in [5.41, 5.74) is 7.79. The van der Waals surface area contributed by atoms with Crippen molar-refractivity contribution in [2.24, 2.45) is 11.7 Å². The van der Waals surface area contributed by atoms with Gasteiger partial charge >= 0.3 is 5.97 Å². The zero-order valence-electron chi connectivity index (χ0n) is 18.3. The predicted octanol–water partition coefficient (Wildman–Crippen LogP) is 2.87. The smallest absolute Gasteiger partial charge is 0.348 e. The first-order valence-corrected chi connectivity index (χ1v) is 11.2. The molecule has 1 atom stereocenters. The number of piperidine rings is 1. The van der Waals surface area contributed by atoms with Crippen molar-refractivity contribution in [3.63, 3.8) is 0 Å². The lowest BCUT2D eigenvalue weighted by molar-refractivity contribution is -0.167. The molecule has 172 valence electrons. The predicted molar refractivity (Wildman–Crippen MR) is 121 cm³/mol. The molecule has 1 saturated heterocycles. The van der Waals surface area contributed by atoms with Crippen LogP contribution in [0, 0.1) is 5.92 Å². The molecule has 0 spiro atoms. The molecule has 1 fully saturated rings. The van der Waals surface area contributed by atoms with Crippen LogP contribution < -0.4 is 10.5 Å². The molecule has 2 aromatic rings. The Morgan fingerprint density at radius 2 is 1.69 bits per heavy atom. The van der Waals surface area contributed by atoms with Crippen LogP contribution in [0.3, 0.4) is 0 Å². The summed E-state index contributed by atoms with van der Waals surface area (Å²) in [6.07, 6.45) is 2.52. The maximum atomic E-state index is 11.6. The van der Waals surface area contributed by atoms with Crippen LogP contribution in [-0.4, -0.2) is 54.4 Å². The summed E-state index contributed by atoms with van der Waals surface area (Å²) >= 11 is 0. The van der Waals surface area contributed by atoms with E-state index in [1.807, 2.05) is 36.4 Å². The maximum absolute atomic E-state index is 11.6. The molecular formula is C25H32N2O5. The number of hydrogen-bond donors (Lipinski definition) is 2. The van der Waals surface area contributed by atoms with Crippen LogP contribution in [0.25, 0.3) is 0 Å². The van der Waals surface area contributed by atoms with Gasteiger partial charge in [0.1, 0.15) is 5.75 Å². The highest BCUT2D eigenvalue weighted by atomic mass is 16.5. The van der Waals surface area contributed by atoms with Crippen molar-refractivity contribution < 1.29 is 24.2 Å². The number of rotatable bonds is 12. The Balaban J connectivity index is 1.42. The van der Waals surface area contributed by atoms with Gasteiger partial charge in [-0.05, 0) is 42.9 Å². The molecule has 0 radical (unpaired) electrons. The topological polar surface area (TPSA) is 102 Å². The van der Waals surface area contributed by atoms with E-state index in [0.717, 1.165) is 24.2 Å². The second-order valence-corrected chi connectivity index (χ2v) is 8.07. The van der Waals surface area contributed by atoms with Crippen LogP contribution in [0.5, 0.6) is 5.75 Å². The Bertz CT molecular complexity index is 866. The van der Waals surface area contributed by atoms with E-state index in [-0.39, 0.29) is 18.4 Å². The highest BCUT2D eigenvalue weighted by Crippen LogP contribution is 2.21. The van der Waals surface area contributed by atoms with Crippen LogP contribution in [0.15, 0.2) is 54.6 Å². The van der Waals surface area contributed by atoms with Crippen molar-refractivity contribution >= 4 is 11.9 Å². The van der Waals surface area contributed by atoms with Crippen molar-refractivity contribution in [3.8, 4) is 5.75 Å². The van der Waals surface area contributed by atoms with Gasteiger partial charge in [0.2, 0.25) is 12.1 Å². The number of carbonyl (C=O) groups excluding carboxylic acids is 1. The van der Waals surface area contributed by atoms with Gasteiger partial charge in [-0.25, -0.2) is 4.79 Å². The third kappa shape index (κ3) is 7.07. The van der Waals surface area contributed by atoms with Crippen molar-refractivity contribution in [2.75, 3.05) is 26.3 Å². The molecule has 0 saturated carbocycles. The summed E-state index contributed by atoms with van der Waals surface area (Å²) in [6.45, 7) is 1.68. The molecular weight excluding hydrogens is 408 g/mol. The van der Waals surface area contributed by atoms with Crippen molar-refractivity contribution in [3.05, 3.63) is 65.7 Å². The molecule has 2 aromatic carbocycles. The third-order valence-corrected chi connectivity index (χ3v) is 5.80. The molecule has 0 aliphatic carbocycles. The van der Waals surface area contributed by atoms with Crippen molar-refractivity contribution in [1.82, 2.24) is 4.90 Å². The van der Waals surface area contributed by atoms with Gasteiger partial charge in [0.05, 0.1) is 13.2 Å². The Kier molecular flexibility index (Phi) is 9.07. The van der Waals surface area contributed by atoms with Crippen LogP contribution in [0.2, 0.25) is 0 Å². The monoisotopic (exact) mass is 440 g/mol. The average molecular weight is 441 g/mol. The Labute approximate surface area is 189 Å². The molecule has 7 nitrogen and oxygen atoms in total. The van der Waals surface area contributed by atoms with Crippen molar-refractivity contribution in [1.29, 1.82) is 0 Å². The van der Waals surface area contributed by atoms with Gasteiger partial charge in [-0.15, -0.1) is 0 Å². The Morgan fingerprint density at radius 1 is 1.00 bits per heavy atom. The van der Waals surface area contributed by atoms with Crippen LogP contribution in [0.4, 0.5) is 0 Å². The number of hydrogen-bond acceptors (Lipinski definition) is 5. The van der Waals surface area contributed by atoms with E-state index >= 15 is 0 Å². The summed E-state index contributed by atoms with van der Waals surface area (Å²) < 4.78 is 11.6. The van der Waals surface area contributed by atoms with E-state index in [2.05, 4.69) is 18.2 Å². The number of aliphatic carboxylic acids is 1. The number of likely N-dealkylation sites (tertiary alicyclic amines) is 1. The SMILES string of the molecule is NC(=O)C1CCN(C(OCCCOc2ccccc2CCc2ccccc2)C(=O)O)CC1. The molecule has 7 heteroatoms. The molecule has 0 bridgehead atoms. The standard InChI is InChI=1S/C25H32N2O5/c26-23(28)21-13-15-27(16-14-21)24(25(29)30)32-18-6-17-31-22-10-5-4-9-20(22)12-11-19-7-2-1-3-8-19/h1-5,7-10,21,24H,6,11-18H2,(H2,26,28)(H,29,30). The fraction of sp³-hybridized carbons (Fsp3) is 0.440. The third-order valence-electron chi connectivity index (χ3n) is 5.80. The number of carboxylic acids is 1. The van der Waals surface area contributed by atoms with Crippen LogP contribution in [-0.2, 0) is 27.2 Å². The lowest BCUT2D eigenvalue weighted by atomic mass is 9.96. The Morgan fingerprint density at radius 3 is 2.38 bits per heavy atom. The number of carboxylic acid groups (broad SMARTS) is 1. The van der Waals surface area contributed by atoms with Gasteiger partial charge in [0.25, 0.3) is 0 Å². The number of nitrogens with zero attached hydrogens (tertiary/aromatic N) is 1. The maximum Gasteiger partial charge on any atom is 0.348 e.